The third-order valence-corrected chi connectivity index (χ3v) is 2.69. The molecule has 100 valence electrons. The second-order valence-electron chi connectivity index (χ2n) is 3.87. The van der Waals surface area contributed by atoms with Gasteiger partial charge in [-0.05, 0) is 24.6 Å². The lowest BCUT2D eigenvalue weighted by Gasteiger charge is -2.13. The van der Waals surface area contributed by atoms with Crippen LogP contribution < -0.4 is 0 Å². The van der Waals surface area contributed by atoms with Gasteiger partial charge in [0.25, 0.3) is 5.89 Å². The Morgan fingerprint density at radius 1 is 1.47 bits per heavy atom. The number of carbonyl (C=O) groups excluding carboxylic acids is 1. The first-order chi connectivity index (χ1) is 9.02. The fraction of sp³-hybridized carbons (Fsp3) is 0.250. The summed E-state index contributed by atoms with van der Waals surface area (Å²) in [5.41, 5.74) is 0.798. The van der Waals surface area contributed by atoms with Gasteiger partial charge in [-0.1, -0.05) is 18.5 Å². The van der Waals surface area contributed by atoms with Crippen LogP contribution in [0.5, 0.6) is 0 Å². The van der Waals surface area contributed by atoms with Gasteiger partial charge in [-0.25, -0.2) is 14.7 Å². The van der Waals surface area contributed by atoms with Crippen molar-refractivity contribution in [1.82, 2.24) is 9.88 Å². The maximum Gasteiger partial charge on any atom is 0.414 e. The number of fused-ring (bicyclic) bond motifs is 1. The number of rotatable bonds is 3. The zero-order valence-electron chi connectivity index (χ0n) is 10.1. The molecule has 0 bridgehead atoms. The van der Waals surface area contributed by atoms with Crippen molar-refractivity contribution in [1.29, 1.82) is 0 Å². The number of halogens is 1. The zero-order valence-corrected chi connectivity index (χ0v) is 10.8. The van der Waals surface area contributed by atoms with Gasteiger partial charge < -0.3 is 9.52 Å². The Balaban J connectivity index is 2.37. The molecule has 0 spiro atoms. The maximum atomic E-state index is 12.0. The number of hydrogen-bond donors (Lipinski definition) is 1. The van der Waals surface area contributed by atoms with Crippen LogP contribution in [-0.4, -0.2) is 33.5 Å². The summed E-state index contributed by atoms with van der Waals surface area (Å²) in [7, 11) is 0. The molecule has 1 N–H and O–H groups in total. The van der Waals surface area contributed by atoms with E-state index < -0.39 is 12.0 Å². The third kappa shape index (κ3) is 2.68. The van der Waals surface area contributed by atoms with Crippen LogP contribution in [0.2, 0.25) is 5.02 Å². The predicted octanol–water partition coefficient (Wildman–Crippen LogP) is 3.01. The van der Waals surface area contributed by atoms with Crippen LogP contribution in [0.25, 0.3) is 11.1 Å². The van der Waals surface area contributed by atoms with Crippen molar-refractivity contribution in [3.05, 3.63) is 29.1 Å². The summed E-state index contributed by atoms with van der Waals surface area (Å²) < 4.78 is 5.24. The van der Waals surface area contributed by atoms with Gasteiger partial charge in [0.1, 0.15) is 5.52 Å². The van der Waals surface area contributed by atoms with E-state index in [1.165, 1.54) is 0 Å². The summed E-state index contributed by atoms with van der Waals surface area (Å²) in [4.78, 5) is 27.6. The molecule has 0 radical (unpaired) electrons. The SMILES string of the molecule is CCCN(C(=O)O)C(=O)c1nc2cc(Cl)ccc2o1. The second kappa shape index (κ2) is 5.27. The van der Waals surface area contributed by atoms with Crippen LogP contribution in [0.3, 0.4) is 0 Å². The first-order valence-corrected chi connectivity index (χ1v) is 6.01. The van der Waals surface area contributed by atoms with Crippen LogP contribution >= 0.6 is 11.6 Å². The lowest BCUT2D eigenvalue weighted by atomic mass is 10.3. The van der Waals surface area contributed by atoms with Crippen molar-refractivity contribution in [2.45, 2.75) is 13.3 Å². The number of nitrogens with zero attached hydrogens (tertiary/aromatic N) is 2. The van der Waals surface area contributed by atoms with Gasteiger partial charge in [0, 0.05) is 11.6 Å². The molecule has 0 saturated carbocycles. The summed E-state index contributed by atoms with van der Waals surface area (Å²) >= 11 is 5.80. The van der Waals surface area contributed by atoms with Gasteiger partial charge >= 0.3 is 12.0 Å². The van der Waals surface area contributed by atoms with E-state index in [2.05, 4.69) is 4.98 Å². The largest absolute Gasteiger partial charge is 0.465 e. The van der Waals surface area contributed by atoms with Crippen LogP contribution in [0.15, 0.2) is 22.6 Å². The molecule has 2 amide bonds. The van der Waals surface area contributed by atoms with Crippen molar-refractivity contribution >= 4 is 34.7 Å². The minimum absolute atomic E-state index is 0.0909. The maximum absolute atomic E-state index is 12.0. The van der Waals surface area contributed by atoms with Crippen LogP contribution in [-0.2, 0) is 0 Å². The molecule has 0 saturated heterocycles. The topological polar surface area (TPSA) is 83.6 Å². The molecule has 0 aliphatic heterocycles. The average molecular weight is 283 g/mol. The Kier molecular flexibility index (Phi) is 3.71. The molecule has 2 aromatic rings. The van der Waals surface area contributed by atoms with E-state index in [1.54, 1.807) is 25.1 Å². The Labute approximate surface area is 113 Å². The van der Waals surface area contributed by atoms with Crippen molar-refractivity contribution in [3.8, 4) is 0 Å². The highest BCUT2D eigenvalue weighted by Gasteiger charge is 2.26. The van der Waals surface area contributed by atoms with Crippen molar-refractivity contribution < 1.29 is 19.1 Å². The molecule has 0 aliphatic rings. The van der Waals surface area contributed by atoms with E-state index in [-0.39, 0.29) is 12.4 Å². The second-order valence-corrected chi connectivity index (χ2v) is 4.31. The molecule has 0 atom stereocenters. The molecule has 1 heterocycles. The highest BCUT2D eigenvalue weighted by atomic mass is 35.5. The summed E-state index contributed by atoms with van der Waals surface area (Å²) in [6, 6.07) is 4.72. The minimum atomic E-state index is -1.33. The lowest BCUT2D eigenvalue weighted by molar-refractivity contribution is 0.0706. The van der Waals surface area contributed by atoms with Crippen molar-refractivity contribution in [2.75, 3.05) is 6.54 Å². The monoisotopic (exact) mass is 282 g/mol. The number of carbonyl (C=O) groups is 2. The van der Waals surface area contributed by atoms with Gasteiger partial charge in [0.2, 0.25) is 0 Å². The summed E-state index contributed by atoms with van der Waals surface area (Å²) in [6.45, 7) is 1.86. The number of benzene rings is 1. The van der Waals surface area contributed by atoms with Gasteiger partial charge in [-0.15, -0.1) is 0 Å². The first kappa shape index (κ1) is 13.4. The first-order valence-electron chi connectivity index (χ1n) is 5.63. The number of hydrogen-bond acceptors (Lipinski definition) is 4. The Morgan fingerprint density at radius 3 is 2.84 bits per heavy atom. The van der Waals surface area contributed by atoms with Gasteiger partial charge in [-0.3, -0.25) is 4.79 Å². The highest BCUT2D eigenvalue weighted by Crippen LogP contribution is 2.20. The number of carboxylic acid groups (broad SMARTS) is 1. The molecule has 19 heavy (non-hydrogen) atoms. The molecule has 2 rings (SSSR count). The smallest absolute Gasteiger partial charge is 0.414 e. The zero-order chi connectivity index (χ0) is 14.0. The van der Waals surface area contributed by atoms with Crippen LogP contribution in [0.1, 0.15) is 24.0 Å². The van der Waals surface area contributed by atoms with E-state index >= 15 is 0 Å². The summed E-state index contributed by atoms with van der Waals surface area (Å²) in [5.74, 6) is -1.03. The van der Waals surface area contributed by atoms with E-state index in [1.807, 2.05) is 0 Å². The third-order valence-electron chi connectivity index (χ3n) is 2.46. The van der Waals surface area contributed by atoms with E-state index in [0.29, 0.717) is 27.4 Å². The van der Waals surface area contributed by atoms with Gasteiger partial charge in [0.15, 0.2) is 5.58 Å². The standard InChI is InChI=1S/C12H11ClN2O4/c1-2-5-15(12(17)18)11(16)10-14-8-6-7(13)3-4-9(8)19-10/h3-4,6H,2,5H2,1H3,(H,17,18). The van der Waals surface area contributed by atoms with Gasteiger partial charge in [0.05, 0.1) is 0 Å². The predicted molar refractivity (Wildman–Crippen MR) is 68.4 cm³/mol. The quantitative estimate of drug-likeness (QED) is 0.935. The molecule has 1 aromatic carbocycles. The number of oxazole rings is 1. The minimum Gasteiger partial charge on any atom is -0.465 e. The van der Waals surface area contributed by atoms with Gasteiger partial charge in [-0.2, -0.15) is 0 Å². The highest BCUT2D eigenvalue weighted by molar-refractivity contribution is 6.31. The average Bonchev–Trinajstić information content (AvgIpc) is 2.77. The fourth-order valence-electron chi connectivity index (χ4n) is 1.62. The molecule has 0 unspecified atom stereocenters. The van der Waals surface area contributed by atoms with Crippen LogP contribution in [0.4, 0.5) is 4.79 Å². The normalized spacial score (nSPS) is 10.6. The van der Waals surface area contributed by atoms with Crippen LogP contribution in [0, 0.1) is 0 Å². The Hall–Kier alpha value is -2.08. The van der Waals surface area contributed by atoms with E-state index in [4.69, 9.17) is 21.1 Å². The lowest BCUT2D eigenvalue weighted by Crippen LogP contribution is -2.36. The number of amides is 2. The van der Waals surface area contributed by atoms with E-state index in [0.717, 1.165) is 0 Å². The molecule has 7 heteroatoms. The number of aromatic nitrogens is 1. The Bertz CT molecular complexity index is 638. The van der Waals surface area contributed by atoms with E-state index in [9.17, 15) is 9.59 Å². The summed E-state index contributed by atoms with van der Waals surface area (Å²) in [6.07, 6.45) is -0.809. The number of imide groups is 1. The van der Waals surface area contributed by atoms with Crippen molar-refractivity contribution in [3.63, 3.8) is 0 Å². The summed E-state index contributed by atoms with van der Waals surface area (Å²) in [5, 5.41) is 9.43. The molecule has 1 aromatic heterocycles. The fourth-order valence-corrected chi connectivity index (χ4v) is 1.78. The molecular formula is C12H11ClN2O4. The van der Waals surface area contributed by atoms with Crippen molar-refractivity contribution in [2.24, 2.45) is 0 Å². The molecule has 0 fully saturated rings. The molecular weight excluding hydrogens is 272 g/mol. The molecule has 6 nitrogen and oxygen atoms in total. The Morgan fingerprint density at radius 2 is 2.21 bits per heavy atom. The molecule has 0 aliphatic carbocycles.